The third-order valence-electron chi connectivity index (χ3n) is 2.95. The number of carboxylic acids is 1. The number of thiophene rings is 1. The SMILES string of the molecule is CC(=O)c1c(CC(=O)[C@@H](N)CC(=O)O)sc(C)c1C. The lowest BCUT2D eigenvalue weighted by molar-refractivity contribution is -0.139. The maximum atomic E-state index is 11.9. The van der Waals surface area contributed by atoms with Gasteiger partial charge in [-0.25, -0.2) is 0 Å². The number of aryl methyl sites for hydroxylation is 1. The summed E-state index contributed by atoms with van der Waals surface area (Å²) in [5.41, 5.74) is 6.98. The smallest absolute Gasteiger partial charge is 0.305 e. The zero-order chi connectivity index (χ0) is 14.7. The number of aliphatic carboxylic acids is 1. The third-order valence-corrected chi connectivity index (χ3v) is 4.16. The lowest BCUT2D eigenvalue weighted by Gasteiger charge is -2.07. The second-order valence-corrected chi connectivity index (χ2v) is 5.79. The van der Waals surface area contributed by atoms with Crippen molar-refractivity contribution >= 4 is 28.9 Å². The van der Waals surface area contributed by atoms with E-state index in [9.17, 15) is 14.4 Å². The molecule has 1 aromatic rings. The molecule has 0 aliphatic rings. The van der Waals surface area contributed by atoms with Gasteiger partial charge >= 0.3 is 5.97 Å². The molecule has 1 rings (SSSR count). The molecular formula is C13H17NO4S. The van der Waals surface area contributed by atoms with Crippen LogP contribution in [0.25, 0.3) is 0 Å². The predicted molar refractivity (Wildman–Crippen MR) is 72.7 cm³/mol. The number of carboxylic acid groups (broad SMARTS) is 1. The van der Waals surface area contributed by atoms with Crippen LogP contribution in [-0.2, 0) is 16.0 Å². The molecule has 5 nitrogen and oxygen atoms in total. The molecule has 19 heavy (non-hydrogen) atoms. The van der Waals surface area contributed by atoms with Crippen LogP contribution in [-0.4, -0.2) is 28.7 Å². The highest BCUT2D eigenvalue weighted by Crippen LogP contribution is 2.28. The molecule has 0 aromatic carbocycles. The predicted octanol–water partition coefficient (Wildman–Crippen LogP) is 1.48. The molecule has 0 fully saturated rings. The van der Waals surface area contributed by atoms with Crippen LogP contribution in [0.2, 0.25) is 0 Å². The average Bonchev–Trinajstić information content (AvgIpc) is 2.53. The fourth-order valence-corrected chi connectivity index (χ4v) is 3.11. The zero-order valence-electron chi connectivity index (χ0n) is 11.1. The summed E-state index contributed by atoms with van der Waals surface area (Å²) >= 11 is 1.39. The van der Waals surface area contributed by atoms with Crippen LogP contribution >= 0.6 is 11.3 Å². The minimum atomic E-state index is -1.11. The van der Waals surface area contributed by atoms with E-state index in [0.717, 1.165) is 10.4 Å². The first-order valence-corrected chi connectivity index (χ1v) is 6.65. The van der Waals surface area contributed by atoms with Crippen molar-refractivity contribution in [3.8, 4) is 0 Å². The Balaban J connectivity index is 2.94. The molecule has 104 valence electrons. The van der Waals surface area contributed by atoms with Crippen molar-refractivity contribution in [3.05, 3.63) is 20.9 Å². The number of hydrogen-bond acceptors (Lipinski definition) is 5. The Labute approximate surface area is 115 Å². The van der Waals surface area contributed by atoms with Gasteiger partial charge in [0.15, 0.2) is 11.6 Å². The van der Waals surface area contributed by atoms with Crippen molar-refractivity contribution < 1.29 is 19.5 Å². The maximum absolute atomic E-state index is 11.9. The van der Waals surface area contributed by atoms with Crippen LogP contribution in [0, 0.1) is 13.8 Å². The molecule has 0 unspecified atom stereocenters. The summed E-state index contributed by atoms with van der Waals surface area (Å²) in [6.07, 6.45) is -0.375. The topological polar surface area (TPSA) is 97.5 Å². The van der Waals surface area contributed by atoms with Crippen molar-refractivity contribution in [1.82, 2.24) is 0 Å². The first-order valence-electron chi connectivity index (χ1n) is 5.84. The van der Waals surface area contributed by atoms with Crippen molar-refractivity contribution in [2.45, 2.75) is 39.7 Å². The fraction of sp³-hybridized carbons (Fsp3) is 0.462. The van der Waals surface area contributed by atoms with E-state index in [1.165, 1.54) is 18.3 Å². The van der Waals surface area contributed by atoms with E-state index in [4.69, 9.17) is 10.8 Å². The third kappa shape index (κ3) is 3.71. The van der Waals surface area contributed by atoms with Crippen LogP contribution in [0.15, 0.2) is 0 Å². The van der Waals surface area contributed by atoms with E-state index < -0.39 is 18.4 Å². The molecular weight excluding hydrogens is 266 g/mol. The molecule has 0 aliphatic heterocycles. The summed E-state index contributed by atoms with van der Waals surface area (Å²) in [6.45, 7) is 5.19. The van der Waals surface area contributed by atoms with Gasteiger partial charge < -0.3 is 10.8 Å². The van der Waals surface area contributed by atoms with Crippen molar-refractivity contribution in [2.75, 3.05) is 0 Å². The van der Waals surface area contributed by atoms with E-state index in [1.807, 2.05) is 13.8 Å². The molecule has 3 N–H and O–H groups in total. The van der Waals surface area contributed by atoms with Crippen LogP contribution in [0.4, 0.5) is 0 Å². The molecule has 0 aliphatic carbocycles. The molecule has 0 bridgehead atoms. The van der Waals surface area contributed by atoms with E-state index >= 15 is 0 Å². The van der Waals surface area contributed by atoms with Gasteiger partial charge in [-0.1, -0.05) is 0 Å². The summed E-state index contributed by atoms with van der Waals surface area (Å²) < 4.78 is 0. The van der Waals surface area contributed by atoms with E-state index in [-0.39, 0.29) is 18.0 Å². The van der Waals surface area contributed by atoms with Gasteiger partial charge in [0.25, 0.3) is 0 Å². The number of ketones is 2. The van der Waals surface area contributed by atoms with Crippen molar-refractivity contribution in [3.63, 3.8) is 0 Å². The van der Waals surface area contributed by atoms with Crippen molar-refractivity contribution in [1.29, 1.82) is 0 Å². The monoisotopic (exact) mass is 283 g/mol. The average molecular weight is 283 g/mol. The highest BCUT2D eigenvalue weighted by molar-refractivity contribution is 7.12. The second-order valence-electron chi connectivity index (χ2n) is 4.49. The number of Topliss-reactive ketones (excluding diaryl/α,β-unsaturated/α-hetero) is 2. The van der Waals surface area contributed by atoms with Gasteiger partial charge in [-0.15, -0.1) is 11.3 Å². The maximum Gasteiger partial charge on any atom is 0.305 e. The van der Waals surface area contributed by atoms with E-state index in [1.54, 1.807) is 0 Å². The summed E-state index contributed by atoms with van der Waals surface area (Å²) in [6, 6.07) is -1.03. The Hall–Kier alpha value is -1.53. The first-order chi connectivity index (χ1) is 8.73. The Kier molecular flexibility index (Phi) is 4.97. The Morgan fingerprint density at radius 1 is 1.32 bits per heavy atom. The molecule has 6 heteroatoms. The minimum absolute atomic E-state index is 0.0166. The molecule has 1 aromatic heterocycles. The van der Waals surface area contributed by atoms with Gasteiger partial charge in [-0.05, 0) is 26.3 Å². The first kappa shape index (κ1) is 15.5. The van der Waals surface area contributed by atoms with E-state index in [0.29, 0.717) is 10.4 Å². The van der Waals surface area contributed by atoms with Crippen LogP contribution in [0.1, 0.15) is 39.0 Å². The molecule has 0 spiro atoms. The molecule has 0 radical (unpaired) electrons. The summed E-state index contributed by atoms with van der Waals surface area (Å²) in [4.78, 5) is 35.6. The summed E-state index contributed by atoms with van der Waals surface area (Å²) in [5.74, 6) is -1.55. The normalized spacial score (nSPS) is 12.2. The van der Waals surface area contributed by atoms with E-state index in [2.05, 4.69) is 0 Å². The minimum Gasteiger partial charge on any atom is -0.481 e. The molecule has 0 amide bonds. The molecule has 0 saturated carbocycles. The fourth-order valence-electron chi connectivity index (χ4n) is 1.87. The van der Waals surface area contributed by atoms with Gasteiger partial charge in [0.2, 0.25) is 0 Å². The highest BCUT2D eigenvalue weighted by Gasteiger charge is 2.22. The number of nitrogens with two attached hydrogens (primary N) is 1. The van der Waals surface area contributed by atoms with Gasteiger partial charge in [0.1, 0.15) is 0 Å². The Morgan fingerprint density at radius 3 is 2.37 bits per heavy atom. The number of carbonyl (C=O) groups excluding carboxylic acids is 2. The lowest BCUT2D eigenvalue weighted by Crippen LogP contribution is -2.34. The van der Waals surface area contributed by atoms with Gasteiger partial charge in [0.05, 0.1) is 12.5 Å². The summed E-state index contributed by atoms with van der Waals surface area (Å²) in [7, 11) is 0. The van der Waals surface area contributed by atoms with Gasteiger partial charge in [-0.3, -0.25) is 14.4 Å². The summed E-state index contributed by atoms with van der Waals surface area (Å²) in [5, 5.41) is 8.61. The molecule has 1 heterocycles. The van der Waals surface area contributed by atoms with Gasteiger partial charge in [0, 0.05) is 21.7 Å². The van der Waals surface area contributed by atoms with Crippen LogP contribution in [0.3, 0.4) is 0 Å². The molecule has 0 saturated heterocycles. The zero-order valence-corrected chi connectivity index (χ0v) is 12.0. The van der Waals surface area contributed by atoms with Gasteiger partial charge in [-0.2, -0.15) is 0 Å². The quantitative estimate of drug-likeness (QED) is 0.771. The number of rotatable bonds is 6. The number of hydrogen-bond donors (Lipinski definition) is 2. The van der Waals surface area contributed by atoms with Crippen LogP contribution < -0.4 is 5.73 Å². The molecule has 1 atom stereocenters. The Bertz CT molecular complexity index is 533. The lowest BCUT2D eigenvalue weighted by atomic mass is 10.0. The van der Waals surface area contributed by atoms with Crippen LogP contribution in [0.5, 0.6) is 0 Å². The standard InChI is InChI=1S/C13H17NO4S/c1-6-8(3)19-11(13(6)7(2)15)5-10(16)9(14)4-12(17)18/h9H,4-5,14H2,1-3H3,(H,17,18)/t9-/m0/s1. The highest BCUT2D eigenvalue weighted by atomic mass is 32.1. The van der Waals surface area contributed by atoms with Crippen molar-refractivity contribution in [2.24, 2.45) is 5.73 Å². The largest absolute Gasteiger partial charge is 0.481 e. The number of carbonyl (C=O) groups is 3. The Morgan fingerprint density at radius 2 is 1.89 bits per heavy atom. The second kappa shape index (κ2) is 6.08.